The van der Waals surface area contributed by atoms with Gasteiger partial charge in [-0.2, -0.15) is 5.10 Å². The standard InChI is InChI=1S/C15H17N7/c1-21(2)15-12(5-3-6-16-15)10-17-13-9-14(19-11-18-13)22-8-4-7-20-22/h3-9,11H,10H2,1-2H3,(H,17,18,19). The SMILES string of the molecule is CN(C)c1ncccc1CNc1cc(-n2cccn2)ncn1. The van der Waals surface area contributed by atoms with Crippen LogP contribution in [0.15, 0.2) is 49.2 Å². The number of anilines is 2. The smallest absolute Gasteiger partial charge is 0.158 e. The van der Waals surface area contributed by atoms with Crippen molar-refractivity contribution in [3.63, 3.8) is 0 Å². The molecule has 0 saturated heterocycles. The molecule has 0 aliphatic rings. The minimum Gasteiger partial charge on any atom is -0.366 e. The van der Waals surface area contributed by atoms with Crippen molar-refractivity contribution in [1.29, 1.82) is 0 Å². The maximum Gasteiger partial charge on any atom is 0.158 e. The first-order chi connectivity index (χ1) is 10.7. The maximum atomic E-state index is 4.39. The quantitative estimate of drug-likeness (QED) is 0.773. The predicted molar refractivity (Wildman–Crippen MR) is 85.0 cm³/mol. The van der Waals surface area contributed by atoms with Gasteiger partial charge in [-0.15, -0.1) is 0 Å². The average Bonchev–Trinajstić information content (AvgIpc) is 3.08. The third-order valence-corrected chi connectivity index (χ3v) is 3.14. The Morgan fingerprint density at radius 1 is 1.14 bits per heavy atom. The van der Waals surface area contributed by atoms with Gasteiger partial charge in [-0.05, 0) is 12.1 Å². The van der Waals surface area contributed by atoms with Crippen molar-refractivity contribution >= 4 is 11.6 Å². The van der Waals surface area contributed by atoms with Crippen LogP contribution in [-0.4, -0.2) is 38.8 Å². The highest BCUT2D eigenvalue weighted by atomic mass is 15.3. The van der Waals surface area contributed by atoms with Gasteiger partial charge in [0.1, 0.15) is 18.0 Å². The summed E-state index contributed by atoms with van der Waals surface area (Å²) in [7, 11) is 3.96. The number of aromatic nitrogens is 5. The third-order valence-electron chi connectivity index (χ3n) is 3.14. The zero-order chi connectivity index (χ0) is 15.4. The van der Waals surface area contributed by atoms with E-state index in [1.165, 1.54) is 6.33 Å². The topological polar surface area (TPSA) is 71.8 Å². The van der Waals surface area contributed by atoms with E-state index < -0.39 is 0 Å². The van der Waals surface area contributed by atoms with E-state index in [-0.39, 0.29) is 0 Å². The lowest BCUT2D eigenvalue weighted by atomic mass is 10.2. The van der Waals surface area contributed by atoms with Gasteiger partial charge in [-0.3, -0.25) is 0 Å². The van der Waals surface area contributed by atoms with E-state index in [1.54, 1.807) is 17.1 Å². The van der Waals surface area contributed by atoms with Gasteiger partial charge < -0.3 is 10.2 Å². The number of hydrogen-bond donors (Lipinski definition) is 1. The molecule has 22 heavy (non-hydrogen) atoms. The molecule has 0 unspecified atom stereocenters. The molecule has 7 heteroatoms. The van der Waals surface area contributed by atoms with E-state index in [9.17, 15) is 0 Å². The molecule has 3 aromatic rings. The van der Waals surface area contributed by atoms with Crippen molar-refractivity contribution < 1.29 is 0 Å². The number of pyridine rings is 1. The molecule has 0 spiro atoms. The van der Waals surface area contributed by atoms with Crippen LogP contribution in [0.2, 0.25) is 0 Å². The van der Waals surface area contributed by atoms with Crippen LogP contribution < -0.4 is 10.2 Å². The third kappa shape index (κ3) is 3.03. The van der Waals surface area contributed by atoms with Crippen LogP contribution in [0.1, 0.15) is 5.56 Å². The summed E-state index contributed by atoms with van der Waals surface area (Å²) in [5.41, 5.74) is 1.10. The van der Waals surface area contributed by atoms with Crippen LogP contribution in [-0.2, 0) is 6.54 Å². The van der Waals surface area contributed by atoms with E-state index >= 15 is 0 Å². The normalized spacial score (nSPS) is 10.5. The van der Waals surface area contributed by atoms with Crippen LogP contribution in [0.3, 0.4) is 0 Å². The average molecular weight is 295 g/mol. The summed E-state index contributed by atoms with van der Waals surface area (Å²) in [5.74, 6) is 2.41. The molecule has 0 aromatic carbocycles. The Bertz CT molecular complexity index is 737. The second kappa shape index (κ2) is 6.21. The summed E-state index contributed by atoms with van der Waals surface area (Å²) in [6, 6.07) is 7.69. The summed E-state index contributed by atoms with van der Waals surface area (Å²) < 4.78 is 1.70. The van der Waals surface area contributed by atoms with Crippen molar-refractivity contribution in [2.75, 3.05) is 24.3 Å². The lowest BCUT2D eigenvalue weighted by Gasteiger charge is -2.16. The van der Waals surface area contributed by atoms with Crippen molar-refractivity contribution in [1.82, 2.24) is 24.7 Å². The van der Waals surface area contributed by atoms with Gasteiger partial charge in [0.05, 0.1) is 0 Å². The van der Waals surface area contributed by atoms with Gasteiger partial charge in [0.25, 0.3) is 0 Å². The minimum atomic E-state index is 0.636. The van der Waals surface area contributed by atoms with Crippen LogP contribution in [0.4, 0.5) is 11.6 Å². The predicted octanol–water partition coefficient (Wildman–Crippen LogP) is 1.74. The molecule has 0 aliphatic carbocycles. The molecule has 3 aromatic heterocycles. The van der Waals surface area contributed by atoms with Crippen molar-refractivity contribution in [3.8, 4) is 5.82 Å². The van der Waals surface area contributed by atoms with Crippen LogP contribution >= 0.6 is 0 Å². The largest absolute Gasteiger partial charge is 0.366 e. The van der Waals surface area contributed by atoms with Crippen LogP contribution in [0.5, 0.6) is 0 Å². The zero-order valence-electron chi connectivity index (χ0n) is 12.5. The summed E-state index contributed by atoms with van der Waals surface area (Å²) in [4.78, 5) is 14.8. The van der Waals surface area contributed by atoms with Crippen LogP contribution in [0, 0.1) is 0 Å². The van der Waals surface area contributed by atoms with E-state index in [0.717, 1.165) is 23.0 Å². The Hall–Kier alpha value is -2.96. The molecule has 0 radical (unpaired) electrons. The first-order valence-electron chi connectivity index (χ1n) is 6.91. The minimum absolute atomic E-state index is 0.636. The lowest BCUT2D eigenvalue weighted by molar-refractivity contribution is 0.839. The van der Waals surface area contributed by atoms with Crippen molar-refractivity contribution in [2.24, 2.45) is 0 Å². The molecule has 0 amide bonds. The molecule has 3 rings (SSSR count). The van der Waals surface area contributed by atoms with Gasteiger partial charge in [0.15, 0.2) is 5.82 Å². The van der Waals surface area contributed by atoms with Crippen LogP contribution in [0.25, 0.3) is 5.82 Å². The van der Waals surface area contributed by atoms with E-state index in [2.05, 4.69) is 25.4 Å². The fourth-order valence-corrected chi connectivity index (χ4v) is 2.13. The monoisotopic (exact) mass is 295 g/mol. The van der Waals surface area contributed by atoms with Gasteiger partial charge in [0, 0.05) is 50.9 Å². The zero-order valence-corrected chi connectivity index (χ0v) is 12.5. The molecular formula is C15H17N7. The second-order valence-corrected chi connectivity index (χ2v) is 4.95. The van der Waals surface area contributed by atoms with Crippen molar-refractivity contribution in [3.05, 3.63) is 54.7 Å². The number of nitrogens with one attached hydrogen (secondary N) is 1. The van der Waals surface area contributed by atoms with Gasteiger partial charge >= 0.3 is 0 Å². The fraction of sp³-hybridized carbons (Fsp3) is 0.200. The van der Waals surface area contributed by atoms with Gasteiger partial charge in [-0.1, -0.05) is 6.07 Å². The Balaban J connectivity index is 1.76. The Labute approximate surface area is 128 Å². The molecule has 0 atom stereocenters. The van der Waals surface area contributed by atoms with E-state index in [1.807, 2.05) is 49.5 Å². The molecule has 1 N–H and O–H groups in total. The Kier molecular flexibility index (Phi) is 3.95. The highest BCUT2D eigenvalue weighted by Crippen LogP contribution is 2.16. The number of hydrogen-bond acceptors (Lipinski definition) is 6. The summed E-state index contributed by atoms with van der Waals surface area (Å²) in [6.07, 6.45) is 6.88. The highest BCUT2D eigenvalue weighted by molar-refractivity contribution is 5.48. The highest BCUT2D eigenvalue weighted by Gasteiger charge is 2.06. The fourth-order valence-electron chi connectivity index (χ4n) is 2.13. The summed E-state index contributed by atoms with van der Waals surface area (Å²) in [6.45, 7) is 0.636. The molecule has 112 valence electrons. The number of rotatable bonds is 5. The maximum absolute atomic E-state index is 4.39. The molecule has 0 fully saturated rings. The molecule has 0 aliphatic heterocycles. The summed E-state index contributed by atoms with van der Waals surface area (Å²) in [5, 5.41) is 7.46. The molecule has 0 bridgehead atoms. The van der Waals surface area contributed by atoms with E-state index in [0.29, 0.717) is 6.54 Å². The Morgan fingerprint density at radius 2 is 2.05 bits per heavy atom. The molecular weight excluding hydrogens is 278 g/mol. The number of nitrogens with zero attached hydrogens (tertiary/aromatic N) is 6. The molecule has 7 nitrogen and oxygen atoms in total. The van der Waals surface area contributed by atoms with E-state index in [4.69, 9.17) is 0 Å². The van der Waals surface area contributed by atoms with Gasteiger partial charge in [0.2, 0.25) is 0 Å². The lowest BCUT2D eigenvalue weighted by Crippen LogP contribution is -2.15. The first kappa shape index (κ1) is 14.0. The summed E-state index contributed by atoms with van der Waals surface area (Å²) >= 11 is 0. The molecule has 0 saturated carbocycles. The Morgan fingerprint density at radius 3 is 2.82 bits per heavy atom. The van der Waals surface area contributed by atoms with Gasteiger partial charge in [-0.25, -0.2) is 19.6 Å². The van der Waals surface area contributed by atoms with Crippen molar-refractivity contribution in [2.45, 2.75) is 6.54 Å². The first-order valence-corrected chi connectivity index (χ1v) is 6.91. The molecule has 3 heterocycles. The second-order valence-electron chi connectivity index (χ2n) is 4.95.